The number of aromatic nitrogens is 1. The molecule has 0 unspecified atom stereocenters. The maximum Gasteiger partial charge on any atom is 0.433 e. The molecular weight excluding hydrogens is 353 g/mol. The number of hydrogen-bond acceptors (Lipinski definition) is 3. The number of rotatable bonds is 4. The summed E-state index contributed by atoms with van der Waals surface area (Å²) in [6.45, 7) is 1.58. The van der Waals surface area contributed by atoms with Crippen LogP contribution in [0.3, 0.4) is 0 Å². The molecule has 112 valence electrons. The molecule has 0 saturated heterocycles. The Hall–Kier alpha value is -1.25. The predicted molar refractivity (Wildman–Crippen MR) is 62.2 cm³/mol. The monoisotopic (exact) mass is 361 g/mol. The molecule has 0 fully saturated rings. The molecule has 1 aromatic rings. The van der Waals surface area contributed by atoms with E-state index in [0.717, 1.165) is 0 Å². The van der Waals surface area contributed by atoms with Crippen molar-refractivity contribution in [2.45, 2.75) is 25.9 Å². The van der Waals surface area contributed by atoms with Crippen molar-refractivity contribution in [2.75, 3.05) is 6.61 Å². The van der Waals surface area contributed by atoms with Gasteiger partial charge in [0.25, 0.3) is 6.43 Å². The number of nitrogens with zero attached hydrogens (tertiary/aromatic N) is 1. The first kappa shape index (κ1) is 16.8. The minimum Gasteiger partial charge on any atom is -0.466 e. The van der Waals surface area contributed by atoms with Gasteiger partial charge in [-0.05, 0) is 28.9 Å². The van der Waals surface area contributed by atoms with Crippen LogP contribution in [0.4, 0.5) is 22.0 Å². The molecule has 0 radical (unpaired) electrons. The molecule has 1 aromatic heterocycles. The zero-order valence-corrected chi connectivity index (χ0v) is 11.7. The van der Waals surface area contributed by atoms with Crippen molar-refractivity contribution in [1.29, 1.82) is 0 Å². The van der Waals surface area contributed by atoms with Gasteiger partial charge in [0, 0.05) is 10.0 Å². The van der Waals surface area contributed by atoms with Crippen LogP contribution in [-0.2, 0) is 22.1 Å². The van der Waals surface area contributed by atoms with Gasteiger partial charge in [0.1, 0.15) is 0 Å². The lowest BCUT2D eigenvalue weighted by Gasteiger charge is -2.14. The first-order valence-electron chi connectivity index (χ1n) is 5.37. The molecule has 1 heterocycles. The molecule has 0 aliphatic heterocycles. The lowest BCUT2D eigenvalue weighted by atomic mass is 10.1. The Bertz CT molecular complexity index is 504. The van der Waals surface area contributed by atoms with Crippen LogP contribution in [0.25, 0.3) is 0 Å². The standard InChI is InChI=1S/C11H9BrF5NO2/c1-2-20-8(19)4-7-6(12)3-5(10(13)14)9(18-7)11(15,16)17/h3,10H,2,4H2,1H3. The van der Waals surface area contributed by atoms with Gasteiger partial charge in [-0.1, -0.05) is 0 Å². The SMILES string of the molecule is CCOC(=O)Cc1nc(C(F)(F)F)c(C(F)F)cc1Br. The molecular formula is C11H9BrF5NO2. The van der Waals surface area contributed by atoms with Crippen LogP contribution in [0.5, 0.6) is 0 Å². The average Bonchev–Trinajstić information content (AvgIpc) is 2.29. The quantitative estimate of drug-likeness (QED) is 0.602. The fraction of sp³-hybridized carbons (Fsp3) is 0.455. The molecule has 3 nitrogen and oxygen atoms in total. The molecule has 0 aliphatic carbocycles. The van der Waals surface area contributed by atoms with Gasteiger partial charge >= 0.3 is 12.1 Å². The van der Waals surface area contributed by atoms with Crippen LogP contribution >= 0.6 is 15.9 Å². The van der Waals surface area contributed by atoms with E-state index in [-0.39, 0.29) is 16.8 Å². The number of pyridine rings is 1. The molecule has 0 amide bonds. The molecule has 0 spiro atoms. The first-order chi connectivity index (χ1) is 9.16. The molecule has 0 atom stereocenters. The second-order valence-corrected chi connectivity index (χ2v) is 4.49. The topological polar surface area (TPSA) is 39.2 Å². The van der Waals surface area contributed by atoms with E-state index < -0.39 is 36.2 Å². The Morgan fingerprint density at radius 2 is 2.05 bits per heavy atom. The highest BCUT2D eigenvalue weighted by molar-refractivity contribution is 9.10. The van der Waals surface area contributed by atoms with Crippen molar-refractivity contribution in [3.05, 3.63) is 27.5 Å². The maximum atomic E-state index is 12.7. The van der Waals surface area contributed by atoms with Crippen LogP contribution in [0, 0.1) is 0 Å². The third-order valence-corrected chi connectivity index (χ3v) is 2.89. The van der Waals surface area contributed by atoms with E-state index in [1.165, 1.54) is 6.92 Å². The van der Waals surface area contributed by atoms with Gasteiger partial charge in [0.05, 0.1) is 18.7 Å². The summed E-state index contributed by atoms with van der Waals surface area (Å²) in [5.41, 5.74) is -3.24. The zero-order valence-electron chi connectivity index (χ0n) is 10.1. The van der Waals surface area contributed by atoms with Gasteiger partial charge in [-0.3, -0.25) is 4.79 Å². The summed E-state index contributed by atoms with van der Waals surface area (Å²) in [4.78, 5) is 14.4. The lowest BCUT2D eigenvalue weighted by molar-refractivity contribution is -0.145. The first-order valence-corrected chi connectivity index (χ1v) is 6.16. The van der Waals surface area contributed by atoms with Gasteiger partial charge in [0.15, 0.2) is 5.69 Å². The smallest absolute Gasteiger partial charge is 0.433 e. The predicted octanol–water partition coefficient (Wildman–Crippen LogP) is 3.91. The second-order valence-electron chi connectivity index (χ2n) is 3.63. The van der Waals surface area contributed by atoms with Gasteiger partial charge in [-0.25, -0.2) is 13.8 Å². The average molecular weight is 362 g/mol. The largest absolute Gasteiger partial charge is 0.466 e. The number of hydrogen-bond donors (Lipinski definition) is 0. The number of carbonyl (C=O) groups excluding carboxylic acids is 1. The van der Waals surface area contributed by atoms with Gasteiger partial charge in [-0.2, -0.15) is 13.2 Å². The summed E-state index contributed by atoms with van der Waals surface area (Å²) in [5, 5.41) is 0. The molecule has 0 saturated carbocycles. The highest BCUT2D eigenvalue weighted by Crippen LogP contribution is 2.37. The molecule has 20 heavy (non-hydrogen) atoms. The summed E-state index contributed by atoms with van der Waals surface area (Å²) in [6, 6.07) is 0.620. The van der Waals surface area contributed by atoms with Crippen LogP contribution < -0.4 is 0 Å². The Labute approximate surface area is 119 Å². The van der Waals surface area contributed by atoms with Crippen LogP contribution in [0.15, 0.2) is 10.5 Å². The molecule has 0 aromatic carbocycles. The van der Waals surface area contributed by atoms with Crippen molar-refractivity contribution in [3.63, 3.8) is 0 Å². The summed E-state index contributed by atoms with van der Waals surface area (Å²) < 4.78 is 67.7. The van der Waals surface area contributed by atoms with Crippen molar-refractivity contribution in [1.82, 2.24) is 4.98 Å². The van der Waals surface area contributed by atoms with E-state index in [1.807, 2.05) is 0 Å². The van der Waals surface area contributed by atoms with E-state index in [9.17, 15) is 26.7 Å². The Kier molecular flexibility index (Phi) is 5.43. The van der Waals surface area contributed by atoms with Gasteiger partial charge in [-0.15, -0.1) is 0 Å². The Morgan fingerprint density at radius 1 is 1.45 bits per heavy atom. The zero-order chi connectivity index (χ0) is 15.5. The normalized spacial score (nSPS) is 11.8. The number of carbonyl (C=O) groups is 1. The second kappa shape index (κ2) is 6.47. The minimum absolute atomic E-state index is 0.0533. The lowest BCUT2D eigenvalue weighted by Crippen LogP contribution is -2.16. The van der Waals surface area contributed by atoms with Crippen molar-refractivity contribution >= 4 is 21.9 Å². The van der Waals surface area contributed by atoms with Crippen molar-refractivity contribution in [2.24, 2.45) is 0 Å². The minimum atomic E-state index is -5.03. The number of halogens is 6. The van der Waals surface area contributed by atoms with Crippen LogP contribution in [0.2, 0.25) is 0 Å². The summed E-state index contributed by atoms with van der Waals surface area (Å²) in [7, 11) is 0. The fourth-order valence-electron chi connectivity index (χ4n) is 1.41. The van der Waals surface area contributed by atoms with Crippen LogP contribution in [-0.4, -0.2) is 17.6 Å². The fourth-order valence-corrected chi connectivity index (χ4v) is 1.88. The Balaban J connectivity index is 3.25. The molecule has 9 heteroatoms. The van der Waals surface area contributed by atoms with E-state index in [2.05, 4.69) is 25.7 Å². The third-order valence-electron chi connectivity index (χ3n) is 2.20. The molecule has 1 rings (SSSR count). The van der Waals surface area contributed by atoms with E-state index in [1.54, 1.807) is 0 Å². The highest BCUT2D eigenvalue weighted by Gasteiger charge is 2.38. The van der Waals surface area contributed by atoms with Crippen molar-refractivity contribution < 1.29 is 31.5 Å². The van der Waals surface area contributed by atoms with Gasteiger partial charge < -0.3 is 4.74 Å². The number of esters is 1. The van der Waals surface area contributed by atoms with Crippen LogP contribution in [0.1, 0.15) is 30.3 Å². The third kappa shape index (κ3) is 4.12. The maximum absolute atomic E-state index is 12.7. The molecule has 0 N–H and O–H groups in total. The van der Waals surface area contributed by atoms with E-state index in [0.29, 0.717) is 6.07 Å². The molecule has 0 bridgehead atoms. The number of ether oxygens (including phenoxy) is 1. The number of alkyl halides is 5. The summed E-state index contributed by atoms with van der Waals surface area (Å²) >= 11 is 2.82. The molecule has 0 aliphatic rings. The van der Waals surface area contributed by atoms with Crippen molar-refractivity contribution in [3.8, 4) is 0 Å². The Morgan fingerprint density at radius 3 is 2.50 bits per heavy atom. The summed E-state index contributed by atoms with van der Waals surface area (Å²) in [5.74, 6) is -0.793. The van der Waals surface area contributed by atoms with E-state index in [4.69, 9.17) is 0 Å². The van der Waals surface area contributed by atoms with E-state index >= 15 is 0 Å². The van der Waals surface area contributed by atoms with Gasteiger partial charge in [0.2, 0.25) is 0 Å². The summed E-state index contributed by atoms with van der Waals surface area (Å²) in [6.07, 6.45) is -8.90. The highest BCUT2D eigenvalue weighted by atomic mass is 79.9.